The first kappa shape index (κ1) is 16.9. The lowest BCUT2D eigenvalue weighted by atomic mass is 9.81. The molecule has 21 heavy (non-hydrogen) atoms. The zero-order valence-corrected chi connectivity index (χ0v) is 13.9. The number of carbonyl (C=O) groups is 1. The molecule has 0 aliphatic heterocycles. The zero-order chi connectivity index (χ0) is 15.6. The Bertz CT molecular complexity index is 527. The summed E-state index contributed by atoms with van der Waals surface area (Å²) in [7, 11) is 0. The maximum absolute atomic E-state index is 12.6. The Kier molecular flexibility index (Phi) is 5.40. The zero-order valence-electron chi connectivity index (χ0n) is 11.0. The van der Waals surface area contributed by atoms with Gasteiger partial charge in [0.2, 0.25) is 5.91 Å². The van der Waals surface area contributed by atoms with E-state index in [1.165, 1.54) is 0 Å². The fourth-order valence-electron chi connectivity index (χ4n) is 2.51. The van der Waals surface area contributed by atoms with Gasteiger partial charge in [-0.15, -0.1) is 0 Å². The molecule has 1 fully saturated rings. The Hall–Kier alpha value is -0.500. The number of carbonyl (C=O) groups excluding carboxylic acids is 1. The highest BCUT2D eigenvalue weighted by atomic mass is 127. The molecule has 1 amide bonds. The van der Waals surface area contributed by atoms with E-state index in [1.807, 2.05) is 0 Å². The largest absolute Gasteiger partial charge is 0.391 e. The molecule has 0 radical (unpaired) electrons. The van der Waals surface area contributed by atoms with Crippen molar-refractivity contribution in [2.75, 3.05) is 5.32 Å². The van der Waals surface area contributed by atoms with Crippen LogP contribution in [0.3, 0.4) is 0 Å². The lowest BCUT2D eigenvalue weighted by Gasteiger charge is -2.29. The monoisotopic (exact) mass is 431 g/mol. The number of rotatable bonds is 2. The first-order valence-corrected chi connectivity index (χ1v) is 8.05. The van der Waals surface area contributed by atoms with Gasteiger partial charge in [-0.2, -0.15) is 13.2 Å². The van der Waals surface area contributed by atoms with Crippen molar-refractivity contribution in [2.45, 2.75) is 31.9 Å². The van der Waals surface area contributed by atoms with Crippen molar-refractivity contribution < 1.29 is 18.0 Å². The number of amides is 1. The first-order chi connectivity index (χ1) is 9.77. The molecular formula is C14H14ClF3INO. The SMILES string of the molecule is O=C(Nc1ccc(Cl)cc1I)C1CCC(C(F)(F)F)CC1. The van der Waals surface area contributed by atoms with Gasteiger partial charge < -0.3 is 5.32 Å². The summed E-state index contributed by atoms with van der Waals surface area (Å²) >= 11 is 7.89. The maximum atomic E-state index is 12.6. The number of anilines is 1. The highest BCUT2D eigenvalue weighted by Crippen LogP contribution is 2.39. The van der Waals surface area contributed by atoms with Crippen molar-refractivity contribution in [3.8, 4) is 0 Å². The van der Waals surface area contributed by atoms with Crippen LogP contribution in [0.5, 0.6) is 0 Å². The number of benzene rings is 1. The van der Waals surface area contributed by atoms with Crippen LogP contribution < -0.4 is 5.32 Å². The summed E-state index contributed by atoms with van der Waals surface area (Å²) in [6.45, 7) is 0. The Morgan fingerprint density at radius 1 is 1.24 bits per heavy atom. The van der Waals surface area contributed by atoms with Gasteiger partial charge >= 0.3 is 6.18 Å². The average molecular weight is 432 g/mol. The van der Waals surface area contributed by atoms with Crippen molar-refractivity contribution in [3.05, 3.63) is 26.8 Å². The lowest BCUT2D eigenvalue weighted by molar-refractivity contribution is -0.184. The van der Waals surface area contributed by atoms with E-state index < -0.39 is 12.1 Å². The van der Waals surface area contributed by atoms with Gasteiger partial charge in [-0.25, -0.2) is 0 Å². The maximum Gasteiger partial charge on any atom is 0.391 e. The Balaban J connectivity index is 1.93. The minimum atomic E-state index is -4.15. The quantitative estimate of drug-likeness (QED) is 0.637. The number of hydrogen-bond donors (Lipinski definition) is 1. The summed E-state index contributed by atoms with van der Waals surface area (Å²) in [6.07, 6.45) is -3.54. The number of halogens is 5. The second-order valence-electron chi connectivity index (χ2n) is 5.20. The Morgan fingerprint density at radius 2 is 1.86 bits per heavy atom. The van der Waals surface area contributed by atoms with E-state index in [-0.39, 0.29) is 37.5 Å². The highest BCUT2D eigenvalue weighted by molar-refractivity contribution is 14.1. The van der Waals surface area contributed by atoms with E-state index in [2.05, 4.69) is 27.9 Å². The van der Waals surface area contributed by atoms with Crippen LogP contribution in [0.25, 0.3) is 0 Å². The average Bonchev–Trinajstić information content (AvgIpc) is 2.41. The lowest BCUT2D eigenvalue weighted by Crippen LogP contribution is -2.32. The summed E-state index contributed by atoms with van der Waals surface area (Å²) in [5.74, 6) is -1.83. The van der Waals surface area contributed by atoms with Crippen LogP contribution in [-0.4, -0.2) is 12.1 Å². The molecule has 1 saturated carbocycles. The molecule has 2 nitrogen and oxygen atoms in total. The Labute approximate surface area is 139 Å². The van der Waals surface area contributed by atoms with Gasteiger partial charge in [0, 0.05) is 14.5 Å². The summed E-state index contributed by atoms with van der Waals surface area (Å²) in [5.41, 5.74) is 0.642. The summed E-state index contributed by atoms with van der Waals surface area (Å²) < 4.78 is 38.6. The van der Waals surface area contributed by atoms with Crippen molar-refractivity contribution in [2.24, 2.45) is 11.8 Å². The van der Waals surface area contributed by atoms with E-state index in [4.69, 9.17) is 11.6 Å². The van der Waals surface area contributed by atoms with E-state index in [9.17, 15) is 18.0 Å². The van der Waals surface area contributed by atoms with E-state index in [0.29, 0.717) is 10.7 Å². The highest BCUT2D eigenvalue weighted by Gasteiger charge is 2.42. The molecule has 7 heteroatoms. The number of alkyl halides is 3. The van der Waals surface area contributed by atoms with E-state index in [1.54, 1.807) is 18.2 Å². The van der Waals surface area contributed by atoms with Crippen LogP contribution in [0.15, 0.2) is 18.2 Å². The van der Waals surface area contributed by atoms with Gasteiger partial charge in [-0.1, -0.05) is 11.6 Å². The third-order valence-corrected chi connectivity index (χ3v) is 4.88. The molecule has 0 bridgehead atoms. The topological polar surface area (TPSA) is 29.1 Å². The fourth-order valence-corrected chi connectivity index (χ4v) is 3.51. The van der Waals surface area contributed by atoms with E-state index in [0.717, 1.165) is 3.57 Å². The summed E-state index contributed by atoms with van der Waals surface area (Å²) in [6, 6.07) is 5.08. The van der Waals surface area contributed by atoms with Gasteiger partial charge in [-0.3, -0.25) is 4.79 Å². The van der Waals surface area contributed by atoms with Crippen LogP contribution in [0.4, 0.5) is 18.9 Å². The second kappa shape index (κ2) is 6.73. The van der Waals surface area contributed by atoms with Crippen molar-refractivity contribution in [1.29, 1.82) is 0 Å². The molecule has 2 rings (SSSR count). The third kappa shape index (κ3) is 4.48. The van der Waals surface area contributed by atoms with Crippen molar-refractivity contribution >= 4 is 45.8 Å². The number of hydrogen-bond acceptors (Lipinski definition) is 1. The molecule has 1 N–H and O–H groups in total. The fraction of sp³-hybridized carbons (Fsp3) is 0.500. The predicted molar refractivity (Wildman–Crippen MR) is 84.3 cm³/mol. The molecule has 116 valence electrons. The molecule has 0 spiro atoms. The Morgan fingerprint density at radius 3 is 2.38 bits per heavy atom. The number of nitrogens with one attached hydrogen (secondary N) is 1. The molecule has 0 saturated heterocycles. The first-order valence-electron chi connectivity index (χ1n) is 6.60. The predicted octanol–water partition coefficient (Wildman–Crippen LogP) is 5.25. The molecule has 0 unspecified atom stereocenters. The smallest absolute Gasteiger partial charge is 0.325 e. The molecule has 0 aromatic heterocycles. The molecular weight excluding hydrogens is 418 g/mol. The van der Waals surface area contributed by atoms with Gasteiger partial charge in [0.05, 0.1) is 11.6 Å². The van der Waals surface area contributed by atoms with Crippen LogP contribution in [0.1, 0.15) is 25.7 Å². The van der Waals surface area contributed by atoms with Crippen molar-refractivity contribution in [1.82, 2.24) is 0 Å². The normalized spacial score (nSPS) is 22.9. The van der Waals surface area contributed by atoms with Gasteiger partial charge in [0.15, 0.2) is 0 Å². The molecule has 1 aliphatic rings. The summed E-state index contributed by atoms with van der Waals surface area (Å²) in [4.78, 5) is 12.1. The second-order valence-corrected chi connectivity index (χ2v) is 6.80. The minimum Gasteiger partial charge on any atom is -0.325 e. The van der Waals surface area contributed by atoms with Crippen LogP contribution in [0.2, 0.25) is 5.02 Å². The van der Waals surface area contributed by atoms with E-state index >= 15 is 0 Å². The molecule has 1 aliphatic carbocycles. The van der Waals surface area contributed by atoms with Gasteiger partial charge in [0.1, 0.15) is 0 Å². The van der Waals surface area contributed by atoms with Crippen LogP contribution in [-0.2, 0) is 4.79 Å². The summed E-state index contributed by atoms with van der Waals surface area (Å²) in [5, 5.41) is 3.35. The third-order valence-electron chi connectivity index (χ3n) is 3.75. The van der Waals surface area contributed by atoms with Gasteiger partial charge in [0.25, 0.3) is 0 Å². The van der Waals surface area contributed by atoms with Gasteiger partial charge in [-0.05, 0) is 66.5 Å². The molecule has 0 heterocycles. The minimum absolute atomic E-state index is 0.0271. The van der Waals surface area contributed by atoms with Crippen LogP contribution in [0, 0.1) is 15.4 Å². The standard InChI is InChI=1S/C14H14ClF3INO/c15-10-5-6-12(11(19)7-10)20-13(21)8-1-3-9(4-2-8)14(16,17)18/h5-9H,1-4H2,(H,20,21). The van der Waals surface area contributed by atoms with Crippen LogP contribution >= 0.6 is 34.2 Å². The molecule has 0 atom stereocenters. The molecule has 1 aromatic rings. The van der Waals surface area contributed by atoms with Crippen molar-refractivity contribution in [3.63, 3.8) is 0 Å². The molecule has 1 aromatic carbocycles.